The second-order valence-electron chi connectivity index (χ2n) is 4.81. The Balaban J connectivity index is 2.75. The van der Waals surface area contributed by atoms with Gasteiger partial charge in [0.1, 0.15) is 0 Å². The van der Waals surface area contributed by atoms with Gasteiger partial charge in [0.15, 0.2) is 11.5 Å². The molecule has 0 bridgehead atoms. The molecule has 0 saturated heterocycles. The van der Waals surface area contributed by atoms with E-state index in [-0.39, 0.29) is 11.5 Å². The third kappa shape index (κ3) is 1.43. The molecule has 0 unspecified atom stereocenters. The van der Waals surface area contributed by atoms with Crippen molar-refractivity contribution in [2.75, 3.05) is 0 Å². The van der Waals surface area contributed by atoms with Crippen molar-refractivity contribution >= 4 is 34.7 Å². The predicted molar refractivity (Wildman–Crippen MR) is 79.8 cm³/mol. The first-order valence-electron chi connectivity index (χ1n) is 6.06. The van der Waals surface area contributed by atoms with Gasteiger partial charge >= 0.3 is 0 Å². The quantitative estimate of drug-likeness (QED) is 0.475. The summed E-state index contributed by atoms with van der Waals surface area (Å²) in [5, 5.41) is 24.6. The van der Waals surface area contributed by atoms with E-state index in [2.05, 4.69) is 13.2 Å². The monoisotopic (exact) mass is 250 g/mol. The zero-order valence-electron chi connectivity index (χ0n) is 10.7. The minimum absolute atomic E-state index is 0.122. The average Bonchev–Trinajstić information content (AvgIpc) is 2.42. The molecule has 2 N–H and O–H groups in total. The summed E-state index contributed by atoms with van der Waals surface area (Å²) in [5.41, 5.74) is 1.13. The Morgan fingerprint density at radius 3 is 2.21 bits per heavy atom. The fourth-order valence-electron chi connectivity index (χ4n) is 2.59. The number of benzene rings is 3. The Morgan fingerprint density at radius 1 is 0.789 bits per heavy atom. The summed E-state index contributed by atoms with van der Waals surface area (Å²) in [6, 6.07) is 9.82. The third-order valence-electron chi connectivity index (χ3n) is 3.72. The number of hydrogen-bond acceptors (Lipinski definition) is 2. The number of phenolic OH excluding ortho intramolecular Hbond substituents is 2. The van der Waals surface area contributed by atoms with Gasteiger partial charge in [0.2, 0.25) is 0 Å². The number of hydrogen-bond donors (Lipinski definition) is 2. The van der Waals surface area contributed by atoms with E-state index in [0.717, 1.165) is 21.7 Å². The zero-order valence-corrected chi connectivity index (χ0v) is 10.7. The molecule has 0 amide bonds. The summed E-state index contributed by atoms with van der Waals surface area (Å²) in [6.07, 6.45) is 0. The highest BCUT2D eigenvalue weighted by Gasteiger charge is 2.12. The maximum absolute atomic E-state index is 10.2. The van der Waals surface area contributed by atoms with Crippen molar-refractivity contribution < 1.29 is 10.2 Å². The molecule has 2 heteroatoms. The molecule has 94 valence electrons. The summed E-state index contributed by atoms with van der Waals surface area (Å²) < 4.78 is 0. The predicted octanol–water partition coefficient (Wildman–Crippen LogP) is 2.53. The van der Waals surface area contributed by atoms with Crippen LogP contribution in [0.1, 0.15) is 5.56 Å². The fourth-order valence-corrected chi connectivity index (χ4v) is 2.59. The Bertz CT molecular complexity index is 924. The van der Waals surface area contributed by atoms with Crippen molar-refractivity contribution in [1.29, 1.82) is 0 Å². The highest BCUT2D eigenvalue weighted by Crippen LogP contribution is 2.35. The summed E-state index contributed by atoms with van der Waals surface area (Å²) in [6.45, 7) is 9.72. The van der Waals surface area contributed by atoms with Gasteiger partial charge in [-0.2, -0.15) is 0 Å². The summed E-state index contributed by atoms with van der Waals surface area (Å²) >= 11 is 0. The lowest BCUT2D eigenvalue weighted by molar-refractivity contribution is 0.405. The second kappa shape index (κ2) is 3.75. The van der Waals surface area contributed by atoms with E-state index in [4.69, 9.17) is 0 Å². The topological polar surface area (TPSA) is 40.5 Å². The van der Waals surface area contributed by atoms with Gasteiger partial charge in [-0.25, -0.2) is 0 Å². The lowest BCUT2D eigenvalue weighted by Crippen LogP contribution is -2.22. The molecule has 0 saturated carbocycles. The number of fused-ring (bicyclic) bond motifs is 3. The molecule has 0 fully saturated rings. The van der Waals surface area contributed by atoms with Crippen molar-refractivity contribution in [3.8, 4) is 11.5 Å². The van der Waals surface area contributed by atoms with Crippen LogP contribution in [0.25, 0.3) is 34.7 Å². The van der Waals surface area contributed by atoms with Gasteiger partial charge in [0, 0.05) is 10.6 Å². The van der Waals surface area contributed by atoms with E-state index >= 15 is 0 Å². The van der Waals surface area contributed by atoms with Crippen LogP contribution in [0.3, 0.4) is 0 Å². The van der Waals surface area contributed by atoms with Gasteiger partial charge in [-0.05, 0) is 33.9 Å². The van der Waals surface area contributed by atoms with Gasteiger partial charge in [0.25, 0.3) is 0 Å². The van der Waals surface area contributed by atoms with Gasteiger partial charge in [-0.15, -0.1) is 0 Å². The van der Waals surface area contributed by atoms with Crippen LogP contribution in [0, 0.1) is 6.92 Å². The van der Waals surface area contributed by atoms with Crippen molar-refractivity contribution in [1.82, 2.24) is 0 Å². The maximum Gasteiger partial charge on any atom is 0.166 e. The van der Waals surface area contributed by atoms with Gasteiger partial charge < -0.3 is 10.2 Å². The molecule has 19 heavy (non-hydrogen) atoms. The first-order valence-corrected chi connectivity index (χ1v) is 6.06. The van der Waals surface area contributed by atoms with E-state index in [1.54, 1.807) is 0 Å². The molecule has 3 aromatic rings. The lowest BCUT2D eigenvalue weighted by atomic mass is 9.96. The first-order chi connectivity index (χ1) is 9.02. The Kier molecular flexibility index (Phi) is 2.29. The summed E-state index contributed by atoms with van der Waals surface area (Å²) in [7, 11) is 0. The average molecular weight is 250 g/mol. The van der Waals surface area contributed by atoms with Crippen LogP contribution in [0.4, 0.5) is 0 Å². The minimum Gasteiger partial charge on any atom is -0.504 e. The van der Waals surface area contributed by atoms with E-state index in [1.165, 1.54) is 0 Å². The van der Waals surface area contributed by atoms with Crippen LogP contribution < -0.4 is 10.4 Å². The van der Waals surface area contributed by atoms with Crippen molar-refractivity contribution in [2.45, 2.75) is 6.92 Å². The molecule has 0 heterocycles. The standard InChI is InChI=1S/C17H14O2/c1-9-5-4-6-14-12(9)7-8-13-10(2)11(3)16(18)17(19)15(13)14/h4-8,18-19H,2-3H2,1H3. The largest absolute Gasteiger partial charge is 0.504 e. The maximum atomic E-state index is 10.2. The van der Waals surface area contributed by atoms with Crippen molar-refractivity contribution in [3.05, 3.63) is 46.3 Å². The third-order valence-corrected chi connectivity index (χ3v) is 3.72. The summed E-state index contributed by atoms with van der Waals surface area (Å²) in [5.74, 6) is -0.310. The van der Waals surface area contributed by atoms with E-state index in [1.807, 2.05) is 37.3 Å². The Hall–Kier alpha value is -2.48. The molecular formula is C17H14O2. The number of aromatic hydroxyl groups is 2. The minimum atomic E-state index is -0.188. The van der Waals surface area contributed by atoms with Crippen molar-refractivity contribution in [2.24, 2.45) is 0 Å². The Morgan fingerprint density at radius 2 is 1.47 bits per heavy atom. The molecule has 3 rings (SSSR count). The smallest absolute Gasteiger partial charge is 0.166 e. The molecule has 0 spiro atoms. The lowest BCUT2D eigenvalue weighted by Gasteiger charge is -2.10. The van der Waals surface area contributed by atoms with Crippen LogP contribution in [-0.2, 0) is 0 Å². The van der Waals surface area contributed by atoms with Crippen LogP contribution in [0.5, 0.6) is 11.5 Å². The van der Waals surface area contributed by atoms with Gasteiger partial charge in [-0.1, -0.05) is 43.5 Å². The molecule has 0 atom stereocenters. The fraction of sp³-hybridized carbons (Fsp3) is 0.0588. The summed E-state index contributed by atoms with van der Waals surface area (Å²) in [4.78, 5) is 0. The molecule has 0 aliphatic heterocycles. The first kappa shape index (κ1) is 11.6. The molecule has 0 aromatic heterocycles. The van der Waals surface area contributed by atoms with Gasteiger partial charge in [0.05, 0.1) is 0 Å². The second-order valence-corrected chi connectivity index (χ2v) is 4.81. The van der Waals surface area contributed by atoms with E-state index in [0.29, 0.717) is 15.8 Å². The van der Waals surface area contributed by atoms with Gasteiger partial charge in [-0.3, -0.25) is 0 Å². The normalized spacial score (nSPS) is 11.2. The number of rotatable bonds is 0. The van der Waals surface area contributed by atoms with Crippen LogP contribution in [-0.4, -0.2) is 10.2 Å². The molecule has 0 aliphatic rings. The molecule has 2 nitrogen and oxygen atoms in total. The molecule has 3 aromatic carbocycles. The zero-order chi connectivity index (χ0) is 13.7. The SMILES string of the molecule is C=c1c(O)c(O)c2c(ccc3c(C)cccc32)c1=C. The highest BCUT2D eigenvalue weighted by molar-refractivity contribution is 6.12. The van der Waals surface area contributed by atoms with Crippen LogP contribution in [0.2, 0.25) is 0 Å². The molecular weight excluding hydrogens is 236 g/mol. The van der Waals surface area contributed by atoms with Crippen LogP contribution in [0.15, 0.2) is 30.3 Å². The highest BCUT2D eigenvalue weighted by atomic mass is 16.3. The Labute approximate surface area is 110 Å². The van der Waals surface area contributed by atoms with Crippen LogP contribution >= 0.6 is 0 Å². The number of aryl methyl sites for hydroxylation is 1. The molecule has 0 radical (unpaired) electrons. The van der Waals surface area contributed by atoms with E-state index in [9.17, 15) is 10.2 Å². The van der Waals surface area contributed by atoms with Crippen molar-refractivity contribution in [3.63, 3.8) is 0 Å². The number of phenols is 2. The van der Waals surface area contributed by atoms with E-state index < -0.39 is 0 Å². The molecule has 0 aliphatic carbocycles.